The van der Waals surface area contributed by atoms with Gasteiger partial charge in [0.05, 0.1) is 25.4 Å². The maximum Gasteiger partial charge on any atom is 0.306 e. The number of rotatable bonds is 58. The van der Waals surface area contributed by atoms with E-state index in [2.05, 4.69) is 50.4 Å². The van der Waals surface area contributed by atoms with Crippen LogP contribution in [-0.2, 0) is 23.8 Å². The van der Waals surface area contributed by atoms with Crippen molar-refractivity contribution in [3.05, 3.63) is 36.5 Å². The van der Waals surface area contributed by atoms with Crippen molar-refractivity contribution in [3.8, 4) is 0 Å². The highest BCUT2D eigenvalue weighted by atomic mass is 16.7. The van der Waals surface area contributed by atoms with Crippen molar-refractivity contribution in [2.24, 2.45) is 0 Å². The van der Waals surface area contributed by atoms with Gasteiger partial charge in [0.1, 0.15) is 24.4 Å². The molecule has 0 aromatic rings. The van der Waals surface area contributed by atoms with Crippen molar-refractivity contribution in [3.63, 3.8) is 0 Å². The van der Waals surface area contributed by atoms with Crippen molar-refractivity contribution in [1.29, 1.82) is 0 Å². The van der Waals surface area contributed by atoms with Crippen LogP contribution in [0.3, 0.4) is 0 Å². The molecule has 11 heteroatoms. The fourth-order valence-electron chi connectivity index (χ4n) is 10.7. The number of unbranched alkanes of at least 4 members (excludes halogenated alkanes) is 40. The van der Waals surface area contributed by atoms with Crippen LogP contribution < -0.4 is 5.32 Å². The Morgan fingerprint density at radius 3 is 1.32 bits per heavy atom. The minimum absolute atomic E-state index is 0.128. The number of allylic oxidation sites excluding steroid dienone is 5. The van der Waals surface area contributed by atoms with Gasteiger partial charge in [0, 0.05) is 6.42 Å². The zero-order valence-electron chi connectivity index (χ0n) is 51.5. The molecule has 1 heterocycles. The first-order valence-electron chi connectivity index (χ1n) is 33.8. The zero-order valence-corrected chi connectivity index (χ0v) is 51.5. The molecule has 0 spiro atoms. The van der Waals surface area contributed by atoms with Crippen LogP contribution in [0.4, 0.5) is 0 Å². The minimum Gasteiger partial charge on any atom is -0.454 e. The van der Waals surface area contributed by atoms with Gasteiger partial charge in [-0.15, -0.1) is 0 Å². The van der Waals surface area contributed by atoms with E-state index in [-0.39, 0.29) is 19.4 Å². The minimum atomic E-state index is -1.61. The monoisotopic (exact) mass is 1120 g/mol. The van der Waals surface area contributed by atoms with Gasteiger partial charge >= 0.3 is 5.97 Å². The van der Waals surface area contributed by atoms with Gasteiger partial charge in [-0.1, -0.05) is 295 Å². The Labute approximate surface area is 485 Å². The first kappa shape index (κ1) is 74.9. The second-order valence-corrected chi connectivity index (χ2v) is 23.6. The quantitative estimate of drug-likeness (QED) is 0.0195. The van der Waals surface area contributed by atoms with Gasteiger partial charge in [0.2, 0.25) is 5.91 Å². The maximum absolute atomic E-state index is 13.4. The van der Waals surface area contributed by atoms with Gasteiger partial charge in [0.25, 0.3) is 0 Å². The van der Waals surface area contributed by atoms with E-state index in [4.69, 9.17) is 14.2 Å². The van der Waals surface area contributed by atoms with Crippen LogP contribution in [-0.4, -0.2) is 99.6 Å². The van der Waals surface area contributed by atoms with Gasteiger partial charge in [-0.2, -0.15) is 0 Å². The summed E-state index contributed by atoms with van der Waals surface area (Å²) in [5.41, 5.74) is 0. The molecule has 1 aliphatic rings. The third kappa shape index (κ3) is 44.1. The lowest BCUT2D eigenvalue weighted by molar-refractivity contribution is -0.305. The second-order valence-electron chi connectivity index (χ2n) is 23.6. The molecule has 464 valence electrons. The number of amides is 1. The van der Waals surface area contributed by atoms with Gasteiger partial charge < -0.3 is 45.1 Å². The van der Waals surface area contributed by atoms with Crippen molar-refractivity contribution >= 4 is 11.9 Å². The molecule has 0 aromatic heterocycles. The Balaban J connectivity index is 2.62. The molecular formula is C68H127NO10. The summed E-state index contributed by atoms with van der Waals surface area (Å²) in [4.78, 5) is 26.6. The summed E-state index contributed by atoms with van der Waals surface area (Å²) in [7, 11) is 0. The lowest BCUT2D eigenvalue weighted by atomic mass is 9.99. The largest absolute Gasteiger partial charge is 0.454 e. The number of ether oxygens (including phenoxy) is 3. The Morgan fingerprint density at radius 1 is 0.494 bits per heavy atom. The maximum atomic E-state index is 13.4. The normalized spacial score (nSPS) is 19.0. The van der Waals surface area contributed by atoms with Crippen LogP contribution in [0.5, 0.6) is 0 Å². The summed E-state index contributed by atoms with van der Waals surface area (Å²) in [6.07, 6.45) is 57.5. The van der Waals surface area contributed by atoms with E-state index in [1.807, 2.05) is 6.08 Å². The molecule has 1 aliphatic heterocycles. The van der Waals surface area contributed by atoms with E-state index < -0.39 is 67.4 Å². The third-order valence-electron chi connectivity index (χ3n) is 16.0. The highest BCUT2D eigenvalue weighted by molar-refractivity contribution is 5.80. The van der Waals surface area contributed by atoms with Crippen LogP contribution in [0.1, 0.15) is 323 Å². The molecule has 0 saturated carbocycles. The predicted molar refractivity (Wildman–Crippen MR) is 329 cm³/mol. The molecule has 1 fully saturated rings. The summed E-state index contributed by atoms with van der Waals surface area (Å²) in [5, 5.41) is 57.1. The number of nitrogens with one attached hydrogen (secondary N) is 1. The molecule has 1 saturated heterocycles. The first-order chi connectivity index (χ1) is 38.7. The Hall–Kier alpha value is -2.12. The van der Waals surface area contributed by atoms with Crippen LogP contribution in [0.15, 0.2) is 36.5 Å². The van der Waals surface area contributed by atoms with Gasteiger partial charge in [0.15, 0.2) is 12.4 Å². The molecule has 0 bridgehead atoms. The van der Waals surface area contributed by atoms with Crippen molar-refractivity contribution in [1.82, 2.24) is 5.32 Å². The van der Waals surface area contributed by atoms with Crippen molar-refractivity contribution in [2.75, 3.05) is 13.2 Å². The third-order valence-corrected chi connectivity index (χ3v) is 16.0. The molecule has 11 nitrogen and oxygen atoms in total. The van der Waals surface area contributed by atoms with E-state index in [0.717, 1.165) is 83.5 Å². The SMILES string of the molecule is CCCCC/C=C\C/C=C\CCCCCCCCC(O)C(=O)NC(COC1OC(CO)C(O)C(O)C1OC(=O)CCCCCCCCCCCCCCCCCCCCCCC)C(O)/C=C/CCCCCCCCCCCCC. The van der Waals surface area contributed by atoms with E-state index in [1.54, 1.807) is 6.08 Å². The van der Waals surface area contributed by atoms with Crippen molar-refractivity contribution < 1.29 is 49.3 Å². The molecular weight excluding hydrogens is 991 g/mol. The highest BCUT2D eigenvalue weighted by Crippen LogP contribution is 2.26. The zero-order chi connectivity index (χ0) is 57.5. The number of carbonyl (C=O) groups is 2. The van der Waals surface area contributed by atoms with E-state index in [1.165, 1.54) is 193 Å². The fourth-order valence-corrected chi connectivity index (χ4v) is 10.7. The van der Waals surface area contributed by atoms with Crippen LogP contribution in [0.25, 0.3) is 0 Å². The molecule has 1 amide bonds. The number of hydrogen-bond donors (Lipinski definition) is 6. The number of esters is 1. The van der Waals surface area contributed by atoms with Crippen LogP contribution >= 0.6 is 0 Å². The lowest BCUT2D eigenvalue weighted by Gasteiger charge is -2.41. The molecule has 0 radical (unpaired) electrons. The molecule has 1 rings (SSSR count). The number of hydrogen-bond acceptors (Lipinski definition) is 10. The predicted octanol–water partition coefficient (Wildman–Crippen LogP) is 16.6. The summed E-state index contributed by atoms with van der Waals surface area (Å²) >= 11 is 0. The molecule has 8 unspecified atom stereocenters. The van der Waals surface area contributed by atoms with E-state index in [0.29, 0.717) is 12.8 Å². The summed E-state index contributed by atoms with van der Waals surface area (Å²) < 4.78 is 17.7. The van der Waals surface area contributed by atoms with Crippen LogP contribution in [0.2, 0.25) is 0 Å². The summed E-state index contributed by atoms with van der Waals surface area (Å²) in [5.74, 6) is -1.19. The average Bonchev–Trinajstić information content (AvgIpc) is 3.49. The smallest absolute Gasteiger partial charge is 0.306 e. The van der Waals surface area contributed by atoms with Crippen molar-refractivity contribution in [2.45, 2.75) is 372 Å². The standard InChI is InChI=1S/C68H127NO10/c1-4-7-10-13-16-19-22-25-27-29-30-31-32-33-35-38-41-44-47-50-53-56-63(73)79-66-65(75)64(74)62(57-70)78-68(66)77-58-59(60(71)54-51-48-45-42-39-36-24-21-18-15-12-9-6-3)69-67(76)61(72)55-52-49-46-43-40-37-34-28-26-23-20-17-14-11-8-5-2/h17,20,26,28,51,54,59-62,64-66,68,70-72,74-75H,4-16,18-19,21-25,27,29-50,52-53,55-58H2,1-3H3,(H,69,76)/b20-17-,28-26-,54-51+. The first-order valence-corrected chi connectivity index (χ1v) is 33.8. The molecule has 0 aromatic carbocycles. The van der Waals surface area contributed by atoms with Gasteiger partial charge in [-0.3, -0.25) is 9.59 Å². The Morgan fingerprint density at radius 2 is 0.873 bits per heavy atom. The Bertz CT molecular complexity index is 1420. The van der Waals surface area contributed by atoms with E-state index in [9.17, 15) is 35.1 Å². The average molecular weight is 1120 g/mol. The second kappa shape index (κ2) is 56.4. The summed E-state index contributed by atoms with van der Waals surface area (Å²) in [6.45, 7) is 5.80. The number of aliphatic hydroxyl groups is 5. The molecule has 79 heavy (non-hydrogen) atoms. The van der Waals surface area contributed by atoms with Crippen LogP contribution in [0, 0.1) is 0 Å². The van der Waals surface area contributed by atoms with E-state index >= 15 is 0 Å². The lowest BCUT2D eigenvalue weighted by Crippen LogP contribution is -2.61. The molecule has 8 atom stereocenters. The molecule has 0 aliphatic carbocycles. The van der Waals surface area contributed by atoms with Gasteiger partial charge in [-0.05, 0) is 57.8 Å². The summed E-state index contributed by atoms with van der Waals surface area (Å²) in [6, 6.07) is -1.03. The highest BCUT2D eigenvalue weighted by Gasteiger charge is 2.47. The topological polar surface area (TPSA) is 175 Å². The Kier molecular flexibility index (Phi) is 53.4. The number of aliphatic hydroxyl groups excluding tert-OH is 5. The molecule has 6 N–H and O–H groups in total. The fraction of sp³-hybridized carbons (Fsp3) is 0.882. The van der Waals surface area contributed by atoms with Gasteiger partial charge in [-0.25, -0.2) is 0 Å². The number of carbonyl (C=O) groups excluding carboxylic acids is 2.